The summed E-state index contributed by atoms with van der Waals surface area (Å²) in [7, 11) is -2.72. The number of carbonyl (C=O) groups excluding carboxylic acids is 2. The van der Waals surface area contributed by atoms with Crippen LogP contribution in [-0.2, 0) is 28.2 Å². The van der Waals surface area contributed by atoms with Crippen LogP contribution >= 0.6 is 8.18 Å². The maximum atomic E-state index is 13.3. The van der Waals surface area contributed by atoms with Gasteiger partial charge in [0.25, 0.3) is 6.43 Å². The van der Waals surface area contributed by atoms with Gasteiger partial charge in [-0.3, -0.25) is 14.2 Å². The van der Waals surface area contributed by atoms with E-state index in [1.165, 1.54) is 26.1 Å². The summed E-state index contributed by atoms with van der Waals surface area (Å²) in [5, 5.41) is 14.9. The zero-order valence-electron chi connectivity index (χ0n) is 23.1. The number of hydrogen-bond acceptors (Lipinski definition) is 9. The Morgan fingerprint density at radius 1 is 1.15 bits per heavy atom. The van der Waals surface area contributed by atoms with Crippen LogP contribution in [0.4, 0.5) is 14.6 Å². The molecular formula is C24H40F2N4O8P+. The number of halogens is 2. The number of nitrogens with one attached hydrogen (secondary N) is 2. The van der Waals surface area contributed by atoms with E-state index in [9.17, 15) is 32.8 Å². The molecule has 0 saturated heterocycles. The van der Waals surface area contributed by atoms with Gasteiger partial charge in [-0.25, -0.2) is 13.6 Å². The first kappa shape index (κ1) is 34.6. The zero-order valence-corrected chi connectivity index (χ0v) is 24.0. The molecule has 1 rings (SSSR count). The van der Waals surface area contributed by atoms with E-state index in [4.69, 9.17) is 14.0 Å². The average Bonchev–Trinajstić information content (AvgIpc) is 2.85. The molecule has 0 aromatic carbocycles. The molecule has 0 aliphatic heterocycles. The molecule has 15 heteroatoms. The fourth-order valence-electron chi connectivity index (χ4n) is 3.51. The Kier molecular flexibility index (Phi) is 15.4. The van der Waals surface area contributed by atoms with Crippen molar-refractivity contribution in [1.29, 1.82) is 0 Å². The fourth-order valence-corrected chi connectivity index (χ4v) is 4.29. The summed E-state index contributed by atoms with van der Waals surface area (Å²) in [6, 6.07) is 0.346. The zero-order chi connectivity index (χ0) is 29.7. The Morgan fingerprint density at radius 2 is 1.77 bits per heavy atom. The summed E-state index contributed by atoms with van der Waals surface area (Å²) >= 11 is 0. The lowest BCUT2D eigenvalue weighted by Gasteiger charge is -2.25. The van der Waals surface area contributed by atoms with E-state index in [0.717, 1.165) is 17.4 Å². The van der Waals surface area contributed by atoms with Crippen LogP contribution in [0.25, 0.3) is 0 Å². The highest BCUT2D eigenvalue weighted by atomic mass is 31.1. The first-order valence-corrected chi connectivity index (χ1v) is 14.1. The molecule has 1 aromatic rings. The van der Waals surface area contributed by atoms with Crippen LogP contribution in [-0.4, -0.2) is 63.9 Å². The van der Waals surface area contributed by atoms with Crippen molar-refractivity contribution < 1.29 is 42.0 Å². The molecule has 1 amide bonds. The summed E-state index contributed by atoms with van der Waals surface area (Å²) in [6.07, 6.45) is -4.57. The number of nitrogens with zero attached hydrogens (tertiary/aromatic N) is 2. The molecule has 12 nitrogen and oxygen atoms in total. The van der Waals surface area contributed by atoms with Gasteiger partial charge in [-0.15, -0.1) is 4.52 Å². The van der Waals surface area contributed by atoms with Crippen LogP contribution in [0.5, 0.6) is 0 Å². The number of rotatable bonds is 18. The summed E-state index contributed by atoms with van der Waals surface area (Å²) in [5.41, 5.74) is -0.834. The maximum absolute atomic E-state index is 13.3. The summed E-state index contributed by atoms with van der Waals surface area (Å²) in [6.45, 7) is 9.20. The van der Waals surface area contributed by atoms with Crippen LogP contribution in [0, 0.1) is 5.92 Å². The lowest BCUT2D eigenvalue weighted by atomic mass is 9.97. The Hall–Kier alpha value is -2.38. The van der Waals surface area contributed by atoms with Crippen molar-refractivity contribution in [3.63, 3.8) is 0 Å². The van der Waals surface area contributed by atoms with Crippen LogP contribution in [0.3, 0.4) is 0 Å². The summed E-state index contributed by atoms with van der Waals surface area (Å²) in [5.74, 6) is -1.12. The third-order valence-electron chi connectivity index (χ3n) is 5.49. The molecule has 39 heavy (non-hydrogen) atoms. The van der Waals surface area contributed by atoms with Crippen LogP contribution in [0.1, 0.15) is 73.5 Å². The topological polar surface area (TPSA) is 158 Å². The molecule has 3 N–H and O–H groups in total. The second-order valence-electron chi connectivity index (χ2n) is 9.25. The quantitative estimate of drug-likeness (QED) is 0.173. The van der Waals surface area contributed by atoms with Crippen molar-refractivity contribution in [3.8, 4) is 0 Å². The first-order valence-electron chi connectivity index (χ1n) is 12.9. The molecular weight excluding hydrogens is 541 g/mol. The Bertz CT molecular complexity index is 991. The number of aromatic nitrogens is 2. The predicted molar refractivity (Wildman–Crippen MR) is 139 cm³/mol. The molecule has 0 aliphatic carbocycles. The summed E-state index contributed by atoms with van der Waals surface area (Å²) in [4.78, 5) is 40.8. The second-order valence-corrected chi connectivity index (χ2v) is 10.3. The van der Waals surface area contributed by atoms with Crippen LogP contribution in [0.2, 0.25) is 0 Å². The van der Waals surface area contributed by atoms with Gasteiger partial charge in [0.2, 0.25) is 5.91 Å². The van der Waals surface area contributed by atoms with Crippen LogP contribution < -0.4 is 16.1 Å². The standard InChI is InChI=1S/C24H39F2N4O8P/c1-7-9-17(10-8-2)22(32)27-19-11-12-30(24(34)28-19)16(6)38-18(20(31)21(25)26)13-36-39(35)29-15(5)23(33)37-14(3)4/h11-12,14-18,20-21,31H,7-10,13H2,1-6H3,(H-,27,28,29,32,34,35)/p+1/t15-,16?,18?,20?/m0/s1. The molecule has 0 radical (unpaired) electrons. The number of anilines is 1. The van der Waals surface area contributed by atoms with E-state index in [1.54, 1.807) is 13.8 Å². The molecule has 222 valence electrons. The van der Waals surface area contributed by atoms with E-state index in [0.29, 0.717) is 12.8 Å². The van der Waals surface area contributed by atoms with Gasteiger partial charge in [-0.05, 0) is 51.2 Å². The predicted octanol–water partition coefficient (Wildman–Crippen LogP) is 3.53. The first-order chi connectivity index (χ1) is 18.3. The van der Waals surface area contributed by atoms with E-state index in [2.05, 4.69) is 15.4 Å². The molecule has 4 unspecified atom stereocenters. The molecule has 0 spiro atoms. The number of ether oxygens (including phenoxy) is 2. The minimum absolute atomic E-state index is 0.0336. The molecule has 5 atom stereocenters. The van der Waals surface area contributed by atoms with Gasteiger partial charge in [0.1, 0.15) is 36.9 Å². The number of hydrogen-bond donors (Lipinski definition) is 3. The van der Waals surface area contributed by atoms with Gasteiger partial charge in [0.05, 0.1) is 6.10 Å². The highest BCUT2D eigenvalue weighted by Gasteiger charge is 2.35. The van der Waals surface area contributed by atoms with E-state index < -0.39 is 63.5 Å². The third kappa shape index (κ3) is 12.1. The molecule has 0 fully saturated rings. The van der Waals surface area contributed by atoms with Gasteiger partial charge < -0.3 is 19.9 Å². The van der Waals surface area contributed by atoms with E-state index in [1.807, 2.05) is 13.8 Å². The number of carbonyl (C=O) groups is 2. The lowest BCUT2D eigenvalue weighted by Crippen LogP contribution is -2.41. The minimum Gasteiger partial charge on any atom is -0.462 e. The highest BCUT2D eigenvalue weighted by molar-refractivity contribution is 7.36. The highest BCUT2D eigenvalue weighted by Crippen LogP contribution is 2.23. The molecule has 0 aliphatic rings. The van der Waals surface area contributed by atoms with Crippen LogP contribution in [0.15, 0.2) is 17.1 Å². The van der Waals surface area contributed by atoms with Crippen molar-refractivity contribution in [1.82, 2.24) is 14.6 Å². The van der Waals surface area contributed by atoms with Gasteiger partial charge in [0, 0.05) is 12.1 Å². The SMILES string of the molecule is CCCC(CCC)C(=O)Nc1ccn(C(C)OC(CO[P+](=O)N[C@@H](C)C(=O)OC(C)C)C(O)C(F)F)c(=O)n1. The largest absolute Gasteiger partial charge is 0.613 e. The van der Waals surface area contributed by atoms with Gasteiger partial charge in [-0.2, -0.15) is 4.98 Å². The van der Waals surface area contributed by atoms with Gasteiger partial charge >= 0.3 is 19.8 Å². The van der Waals surface area contributed by atoms with Gasteiger partial charge in [0.15, 0.2) is 0 Å². The van der Waals surface area contributed by atoms with E-state index in [-0.39, 0.29) is 17.6 Å². The number of esters is 1. The van der Waals surface area contributed by atoms with Crippen molar-refractivity contribution in [3.05, 3.63) is 22.7 Å². The molecule has 1 aromatic heterocycles. The van der Waals surface area contributed by atoms with Crippen molar-refractivity contribution >= 4 is 25.9 Å². The van der Waals surface area contributed by atoms with Crippen molar-refractivity contribution in [2.24, 2.45) is 5.92 Å². The fraction of sp³-hybridized carbons (Fsp3) is 0.750. The minimum atomic E-state index is -3.23. The lowest BCUT2D eigenvalue weighted by molar-refractivity contribution is -0.150. The number of amides is 1. The molecule has 1 heterocycles. The maximum Gasteiger partial charge on any atom is 0.613 e. The normalized spacial score (nSPS) is 15.2. The summed E-state index contributed by atoms with van der Waals surface area (Å²) < 4.78 is 55.1. The molecule has 0 bridgehead atoms. The van der Waals surface area contributed by atoms with Gasteiger partial charge in [-0.1, -0.05) is 31.8 Å². The third-order valence-corrected chi connectivity index (χ3v) is 6.47. The Morgan fingerprint density at radius 3 is 2.28 bits per heavy atom. The van der Waals surface area contributed by atoms with Crippen molar-refractivity contribution in [2.75, 3.05) is 11.9 Å². The van der Waals surface area contributed by atoms with Crippen molar-refractivity contribution in [2.45, 2.75) is 104 Å². The number of alkyl halides is 2. The average molecular weight is 582 g/mol. The van der Waals surface area contributed by atoms with E-state index >= 15 is 0 Å². The smallest absolute Gasteiger partial charge is 0.462 e. The number of aliphatic hydroxyl groups excluding tert-OH is 1. The number of aliphatic hydroxyl groups is 1. The Balaban J connectivity index is 2.88. The monoisotopic (exact) mass is 581 g/mol. The Labute approximate surface area is 227 Å². The molecule has 0 saturated carbocycles. The second kappa shape index (κ2) is 17.3.